The number of benzene rings is 1. The van der Waals surface area contributed by atoms with Crippen molar-refractivity contribution < 1.29 is 14.4 Å². The van der Waals surface area contributed by atoms with Crippen LogP contribution in [0.1, 0.15) is 38.7 Å². The number of carbonyl (C=O) groups is 3. The van der Waals surface area contributed by atoms with Crippen LogP contribution >= 0.6 is 23.2 Å². The summed E-state index contributed by atoms with van der Waals surface area (Å²) in [6.45, 7) is 3.83. The zero-order valence-corrected chi connectivity index (χ0v) is 15.7. The average Bonchev–Trinajstić information content (AvgIpc) is 2.75. The second-order valence-electron chi connectivity index (χ2n) is 6.13. The van der Waals surface area contributed by atoms with Gasteiger partial charge in [0.25, 0.3) is 5.91 Å². The summed E-state index contributed by atoms with van der Waals surface area (Å²) in [7, 11) is 0. The molecule has 0 aliphatic carbocycles. The van der Waals surface area contributed by atoms with Crippen molar-refractivity contribution in [3.8, 4) is 0 Å². The molecule has 1 aliphatic heterocycles. The largest absolute Gasteiger partial charge is 0.355 e. The highest BCUT2D eigenvalue weighted by atomic mass is 35.5. The number of carbonyl (C=O) groups excluding carboxylic acids is 3. The van der Waals surface area contributed by atoms with E-state index in [-0.39, 0.29) is 17.5 Å². The van der Waals surface area contributed by atoms with Gasteiger partial charge in [0.2, 0.25) is 5.91 Å². The molecule has 2 N–H and O–H groups in total. The number of urea groups is 1. The molecule has 1 aliphatic rings. The third-order valence-corrected chi connectivity index (χ3v) is 4.70. The minimum Gasteiger partial charge on any atom is -0.355 e. The molecule has 4 amide bonds. The van der Waals surface area contributed by atoms with E-state index >= 15 is 0 Å². The fourth-order valence-electron chi connectivity index (χ4n) is 2.72. The molecule has 8 heteroatoms. The molecular formula is C17H21Cl2N3O3. The molecule has 1 atom stereocenters. The van der Waals surface area contributed by atoms with Crippen LogP contribution in [0.2, 0.25) is 10.0 Å². The van der Waals surface area contributed by atoms with Crippen LogP contribution in [-0.2, 0) is 15.1 Å². The Morgan fingerprint density at radius 2 is 2.00 bits per heavy atom. The molecule has 1 fully saturated rings. The van der Waals surface area contributed by atoms with E-state index in [9.17, 15) is 14.4 Å². The van der Waals surface area contributed by atoms with E-state index in [2.05, 4.69) is 17.6 Å². The summed E-state index contributed by atoms with van der Waals surface area (Å²) in [6, 6.07) is 4.07. The number of unbranched alkanes of at least 4 members (excludes halogenated alkanes) is 2. The number of halogens is 2. The van der Waals surface area contributed by atoms with Crippen molar-refractivity contribution in [3.05, 3.63) is 33.8 Å². The Balaban J connectivity index is 2.09. The topological polar surface area (TPSA) is 78.5 Å². The van der Waals surface area contributed by atoms with Gasteiger partial charge in [0.15, 0.2) is 0 Å². The van der Waals surface area contributed by atoms with Crippen LogP contribution < -0.4 is 10.6 Å². The summed E-state index contributed by atoms with van der Waals surface area (Å²) in [5.74, 6) is -0.892. The van der Waals surface area contributed by atoms with Crippen LogP contribution in [0, 0.1) is 0 Å². The van der Waals surface area contributed by atoms with Crippen molar-refractivity contribution in [1.29, 1.82) is 0 Å². The van der Waals surface area contributed by atoms with Gasteiger partial charge in [-0.25, -0.2) is 4.79 Å². The first-order valence-corrected chi connectivity index (χ1v) is 8.91. The fourth-order valence-corrected chi connectivity index (χ4v) is 3.32. The zero-order valence-electron chi connectivity index (χ0n) is 14.2. The predicted octanol–water partition coefficient (Wildman–Crippen LogP) is 3.07. The van der Waals surface area contributed by atoms with E-state index in [1.165, 1.54) is 6.07 Å². The molecule has 0 unspecified atom stereocenters. The van der Waals surface area contributed by atoms with E-state index in [1.54, 1.807) is 19.1 Å². The lowest BCUT2D eigenvalue weighted by Crippen LogP contribution is -2.43. The third kappa shape index (κ3) is 4.25. The molecule has 6 nitrogen and oxygen atoms in total. The summed E-state index contributed by atoms with van der Waals surface area (Å²) in [4.78, 5) is 37.9. The van der Waals surface area contributed by atoms with Crippen LogP contribution in [0.5, 0.6) is 0 Å². The number of rotatable bonds is 7. The first-order chi connectivity index (χ1) is 11.8. The molecule has 25 heavy (non-hydrogen) atoms. The van der Waals surface area contributed by atoms with Crippen LogP contribution in [0.15, 0.2) is 18.2 Å². The van der Waals surface area contributed by atoms with Gasteiger partial charge in [0, 0.05) is 22.2 Å². The molecule has 0 radical (unpaired) electrons. The number of nitrogens with zero attached hydrogens (tertiary/aromatic N) is 1. The molecule has 1 saturated heterocycles. The Morgan fingerprint density at radius 1 is 1.28 bits per heavy atom. The summed E-state index contributed by atoms with van der Waals surface area (Å²) in [6.07, 6.45) is 2.92. The van der Waals surface area contributed by atoms with Crippen molar-refractivity contribution in [1.82, 2.24) is 15.5 Å². The number of amides is 4. The SMILES string of the molecule is CCCCCNC(=O)CN1C(=O)N[C@@](C)(c2ccc(Cl)cc2Cl)C1=O. The lowest BCUT2D eigenvalue weighted by atomic mass is 9.92. The van der Waals surface area contributed by atoms with Gasteiger partial charge in [-0.05, 0) is 25.5 Å². The number of hydrogen-bond acceptors (Lipinski definition) is 3. The molecule has 0 bridgehead atoms. The van der Waals surface area contributed by atoms with Gasteiger partial charge in [-0.15, -0.1) is 0 Å². The monoisotopic (exact) mass is 385 g/mol. The average molecular weight is 386 g/mol. The van der Waals surface area contributed by atoms with Gasteiger partial charge in [0.1, 0.15) is 12.1 Å². The van der Waals surface area contributed by atoms with Gasteiger partial charge in [-0.1, -0.05) is 49.0 Å². The Bertz CT molecular complexity index is 696. The van der Waals surface area contributed by atoms with Crippen LogP contribution in [0.25, 0.3) is 0 Å². The highest BCUT2D eigenvalue weighted by Crippen LogP contribution is 2.34. The normalized spacial score (nSPS) is 19.9. The smallest absolute Gasteiger partial charge is 0.325 e. The van der Waals surface area contributed by atoms with Gasteiger partial charge in [0.05, 0.1) is 0 Å². The maximum atomic E-state index is 12.8. The number of imide groups is 1. The number of nitrogens with one attached hydrogen (secondary N) is 2. The summed E-state index contributed by atoms with van der Waals surface area (Å²) in [5, 5.41) is 6.03. The Morgan fingerprint density at radius 3 is 2.64 bits per heavy atom. The minimum atomic E-state index is -1.33. The Hall–Kier alpha value is -1.79. The lowest BCUT2D eigenvalue weighted by Gasteiger charge is -2.23. The van der Waals surface area contributed by atoms with Gasteiger partial charge in [-0.2, -0.15) is 0 Å². The van der Waals surface area contributed by atoms with Gasteiger partial charge in [-0.3, -0.25) is 14.5 Å². The summed E-state index contributed by atoms with van der Waals surface area (Å²) < 4.78 is 0. The number of hydrogen-bond donors (Lipinski definition) is 2. The zero-order chi connectivity index (χ0) is 18.6. The van der Waals surface area contributed by atoms with Gasteiger partial charge >= 0.3 is 6.03 Å². The van der Waals surface area contributed by atoms with E-state index < -0.39 is 17.5 Å². The molecule has 0 saturated carbocycles. The maximum Gasteiger partial charge on any atom is 0.325 e. The molecule has 0 spiro atoms. The maximum absolute atomic E-state index is 12.8. The van der Waals surface area contributed by atoms with Crippen LogP contribution in [-0.4, -0.2) is 35.8 Å². The molecule has 0 aromatic heterocycles. The summed E-state index contributed by atoms with van der Waals surface area (Å²) >= 11 is 12.1. The van der Waals surface area contributed by atoms with Crippen molar-refractivity contribution >= 4 is 41.0 Å². The molecule has 1 aromatic rings. The molecule has 136 valence electrons. The van der Waals surface area contributed by atoms with E-state index in [4.69, 9.17) is 23.2 Å². The molecule has 1 aromatic carbocycles. The van der Waals surface area contributed by atoms with E-state index in [1.807, 2.05) is 0 Å². The van der Waals surface area contributed by atoms with E-state index in [0.29, 0.717) is 17.1 Å². The molecule has 2 rings (SSSR count). The second kappa shape index (κ2) is 8.06. The van der Waals surface area contributed by atoms with Crippen LogP contribution in [0.4, 0.5) is 4.79 Å². The standard InChI is InChI=1S/C17H21Cl2N3O3/c1-3-4-5-8-20-14(23)10-22-15(24)17(2,21-16(22)25)12-7-6-11(18)9-13(12)19/h6-7,9H,3-5,8,10H2,1-2H3,(H,20,23)(H,21,25)/t17-/m0/s1. The van der Waals surface area contributed by atoms with Crippen molar-refractivity contribution in [2.75, 3.05) is 13.1 Å². The van der Waals surface area contributed by atoms with Crippen molar-refractivity contribution in [3.63, 3.8) is 0 Å². The lowest BCUT2D eigenvalue weighted by molar-refractivity contribution is -0.134. The quantitative estimate of drug-likeness (QED) is 0.559. The first-order valence-electron chi connectivity index (χ1n) is 8.16. The minimum absolute atomic E-state index is 0.273. The Kier molecular flexibility index (Phi) is 6.30. The second-order valence-corrected chi connectivity index (χ2v) is 6.97. The van der Waals surface area contributed by atoms with E-state index in [0.717, 1.165) is 24.2 Å². The first kappa shape index (κ1) is 19.5. The van der Waals surface area contributed by atoms with Gasteiger partial charge < -0.3 is 10.6 Å². The summed E-state index contributed by atoms with van der Waals surface area (Å²) in [5.41, 5.74) is -0.899. The highest BCUT2D eigenvalue weighted by molar-refractivity contribution is 6.35. The highest BCUT2D eigenvalue weighted by Gasteiger charge is 2.50. The Labute approximate surface area is 156 Å². The molecule has 1 heterocycles. The van der Waals surface area contributed by atoms with Crippen molar-refractivity contribution in [2.24, 2.45) is 0 Å². The van der Waals surface area contributed by atoms with Crippen LogP contribution in [0.3, 0.4) is 0 Å². The molecular weight excluding hydrogens is 365 g/mol. The third-order valence-electron chi connectivity index (χ3n) is 4.15. The van der Waals surface area contributed by atoms with Crippen molar-refractivity contribution in [2.45, 2.75) is 38.6 Å². The fraction of sp³-hybridized carbons (Fsp3) is 0.471. The predicted molar refractivity (Wildman–Crippen MR) is 96.6 cm³/mol.